The predicted octanol–water partition coefficient (Wildman–Crippen LogP) is 1.83. The van der Waals surface area contributed by atoms with Crippen LogP contribution in [0.15, 0.2) is 35.4 Å². The molecule has 1 saturated heterocycles. The molecule has 2 heterocycles. The Labute approximate surface area is 157 Å². The van der Waals surface area contributed by atoms with Gasteiger partial charge in [-0.1, -0.05) is 23.7 Å². The third kappa shape index (κ3) is 4.00. The minimum Gasteiger partial charge on any atom is -0.378 e. The van der Waals surface area contributed by atoms with Crippen molar-refractivity contribution in [1.82, 2.24) is 9.97 Å². The number of anilines is 3. The van der Waals surface area contributed by atoms with Gasteiger partial charge in [-0.25, -0.2) is 13.4 Å². The highest BCUT2D eigenvalue weighted by atomic mass is 35.5. The summed E-state index contributed by atoms with van der Waals surface area (Å²) in [7, 11) is -0.279. The third-order valence-electron chi connectivity index (χ3n) is 3.84. The lowest BCUT2D eigenvalue weighted by Gasteiger charge is -2.28. The minimum absolute atomic E-state index is 0.00336. The molecule has 1 aliphatic rings. The second kappa shape index (κ2) is 7.65. The molecule has 3 rings (SSSR count). The van der Waals surface area contributed by atoms with E-state index in [1.165, 1.54) is 18.3 Å². The summed E-state index contributed by atoms with van der Waals surface area (Å²) in [6.07, 6.45) is 1.47. The van der Waals surface area contributed by atoms with Crippen LogP contribution in [0.2, 0.25) is 5.02 Å². The molecular formula is C16H20ClN5O3S. The standard InChI is InChI=1S/C16H20ClN5O3S/c1-21(2)15-13(11-18-16(19-15)22-7-9-25-10-8-22)20-26(23,24)14-6-4-3-5-12(14)17/h3-6,11,20H,7-10H2,1-2H3. The normalized spacial score (nSPS) is 15.0. The highest BCUT2D eigenvalue weighted by Gasteiger charge is 2.22. The number of nitrogens with one attached hydrogen (secondary N) is 1. The number of ether oxygens (including phenoxy) is 1. The molecule has 0 aliphatic carbocycles. The summed E-state index contributed by atoms with van der Waals surface area (Å²) in [5.41, 5.74) is 0.284. The van der Waals surface area contributed by atoms with Gasteiger partial charge in [-0.3, -0.25) is 4.72 Å². The van der Waals surface area contributed by atoms with Crippen molar-refractivity contribution in [3.05, 3.63) is 35.5 Å². The third-order valence-corrected chi connectivity index (χ3v) is 5.71. The van der Waals surface area contributed by atoms with Gasteiger partial charge in [-0.15, -0.1) is 0 Å². The SMILES string of the molecule is CN(C)c1nc(N2CCOCC2)ncc1NS(=O)(=O)c1ccccc1Cl. The molecule has 0 amide bonds. The second-order valence-electron chi connectivity index (χ2n) is 5.94. The molecule has 0 unspecified atom stereocenters. The van der Waals surface area contributed by atoms with Gasteiger partial charge in [-0.2, -0.15) is 4.98 Å². The molecule has 1 aromatic carbocycles. The lowest BCUT2D eigenvalue weighted by Crippen LogP contribution is -2.37. The average molecular weight is 398 g/mol. The second-order valence-corrected chi connectivity index (χ2v) is 8.00. The van der Waals surface area contributed by atoms with E-state index < -0.39 is 10.0 Å². The van der Waals surface area contributed by atoms with Crippen LogP contribution in [0, 0.1) is 0 Å². The van der Waals surface area contributed by atoms with Crippen molar-refractivity contribution in [3.63, 3.8) is 0 Å². The zero-order valence-corrected chi connectivity index (χ0v) is 16.1. The van der Waals surface area contributed by atoms with E-state index >= 15 is 0 Å². The number of benzene rings is 1. The number of aromatic nitrogens is 2. The van der Waals surface area contributed by atoms with Crippen molar-refractivity contribution in [3.8, 4) is 0 Å². The van der Waals surface area contributed by atoms with Crippen LogP contribution >= 0.6 is 11.6 Å². The monoisotopic (exact) mass is 397 g/mol. The molecule has 10 heteroatoms. The van der Waals surface area contributed by atoms with Crippen LogP contribution in [0.5, 0.6) is 0 Å². The van der Waals surface area contributed by atoms with E-state index in [-0.39, 0.29) is 15.6 Å². The molecule has 1 aromatic heterocycles. The number of morpholine rings is 1. The molecule has 1 aliphatic heterocycles. The molecule has 0 saturated carbocycles. The summed E-state index contributed by atoms with van der Waals surface area (Å²) in [6.45, 7) is 2.61. The van der Waals surface area contributed by atoms with Crippen LogP contribution in [-0.2, 0) is 14.8 Å². The molecule has 8 nitrogen and oxygen atoms in total. The summed E-state index contributed by atoms with van der Waals surface area (Å²) in [4.78, 5) is 12.6. The Hall–Kier alpha value is -2.10. The van der Waals surface area contributed by atoms with Crippen molar-refractivity contribution in [1.29, 1.82) is 0 Å². The van der Waals surface area contributed by atoms with Gasteiger partial charge in [0.2, 0.25) is 5.95 Å². The highest BCUT2D eigenvalue weighted by molar-refractivity contribution is 7.92. The van der Waals surface area contributed by atoms with Crippen LogP contribution in [0.4, 0.5) is 17.5 Å². The zero-order valence-electron chi connectivity index (χ0n) is 14.5. The van der Waals surface area contributed by atoms with Gasteiger partial charge in [0.25, 0.3) is 10.0 Å². The van der Waals surface area contributed by atoms with E-state index in [4.69, 9.17) is 16.3 Å². The lowest BCUT2D eigenvalue weighted by molar-refractivity contribution is 0.122. The Bertz CT molecular complexity index is 885. The molecular weight excluding hydrogens is 378 g/mol. The fraction of sp³-hybridized carbons (Fsp3) is 0.375. The van der Waals surface area contributed by atoms with Crippen LogP contribution in [0.1, 0.15) is 0 Å². The molecule has 0 bridgehead atoms. The fourth-order valence-electron chi connectivity index (χ4n) is 2.55. The smallest absolute Gasteiger partial charge is 0.263 e. The van der Waals surface area contributed by atoms with Gasteiger partial charge in [0.1, 0.15) is 10.6 Å². The fourth-order valence-corrected chi connectivity index (χ4v) is 4.12. The summed E-state index contributed by atoms with van der Waals surface area (Å²) >= 11 is 6.02. The van der Waals surface area contributed by atoms with Crippen molar-refractivity contribution in [2.75, 3.05) is 54.9 Å². The van der Waals surface area contributed by atoms with Crippen molar-refractivity contribution < 1.29 is 13.2 Å². The van der Waals surface area contributed by atoms with E-state index in [0.29, 0.717) is 38.1 Å². The number of rotatable bonds is 5. The van der Waals surface area contributed by atoms with Gasteiger partial charge in [0, 0.05) is 27.2 Å². The van der Waals surface area contributed by atoms with Gasteiger partial charge in [-0.05, 0) is 12.1 Å². The molecule has 26 heavy (non-hydrogen) atoms. The molecule has 140 valence electrons. The molecule has 0 spiro atoms. The number of hydrogen-bond acceptors (Lipinski definition) is 7. The van der Waals surface area contributed by atoms with Crippen molar-refractivity contribution >= 4 is 39.1 Å². The molecule has 2 aromatic rings. The van der Waals surface area contributed by atoms with Crippen LogP contribution in [0.3, 0.4) is 0 Å². The van der Waals surface area contributed by atoms with Gasteiger partial charge < -0.3 is 14.5 Å². The Morgan fingerprint density at radius 1 is 1.23 bits per heavy atom. The van der Waals surface area contributed by atoms with Crippen molar-refractivity contribution in [2.24, 2.45) is 0 Å². The Balaban J connectivity index is 1.93. The number of nitrogens with zero attached hydrogens (tertiary/aromatic N) is 4. The van der Waals surface area contributed by atoms with Crippen LogP contribution < -0.4 is 14.5 Å². The highest BCUT2D eigenvalue weighted by Crippen LogP contribution is 2.28. The summed E-state index contributed by atoms with van der Waals surface area (Å²) in [5.74, 6) is 1.01. The molecule has 0 atom stereocenters. The Morgan fingerprint density at radius 3 is 2.58 bits per heavy atom. The zero-order chi connectivity index (χ0) is 18.7. The first-order valence-corrected chi connectivity index (χ1v) is 9.89. The first-order chi connectivity index (χ1) is 12.4. The minimum atomic E-state index is -3.86. The maximum Gasteiger partial charge on any atom is 0.263 e. The molecule has 0 radical (unpaired) electrons. The largest absolute Gasteiger partial charge is 0.378 e. The maximum absolute atomic E-state index is 12.7. The summed E-state index contributed by atoms with van der Waals surface area (Å²) in [6, 6.07) is 6.27. The number of hydrogen-bond donors (Lipinski definition) is 1. The van der Waals surface area contributed by atoms with Gasteiger partial charge >= 0.3 is 0 Å². The summed E-state index contributed by atoms with van der Waals surface area (Å²) in [5, 5.41) is 0.150. The van der Waals surface area contributed by atoms with E-state index in [1.54, 1.807) is 31.1 Å². The Morgan fingerprint density at radius 2 is 1.92 bits per heavy atom. The summed E-state index contributed by atoms with van der Waals surface area (Å²) < 4.78 is 33.2. The molecule has 1 N–H and O–H groups in total. The lowest BCUT2D eigenvalue weighted by atomic mass is 10.4. The maximum atomic E-state index is 12.7. The first-order valence-electron chi connectivity index (χ1n) is 8.03. The van der Waals surface area contributed by atoms with E-state index in [1.807, 2.05) is 4.90 Å². The van der Waals surface area contributed by atoms with Crippen LogP contribution in [-0.4, -0.2) is 58.8 Å². The van der Waals surface area contributed by atoms with E-state index in [0.717, 1.165) is 0 Å². The first kappa shape index (κ1) is 18.7. The number of sulfonamides is 1. The van der Waals surface area contributed by atoms with Crippen molar-refractivity contribution in [2.45, 2.75) is 4.90 Å². The van der Waals surface area contributed by atoms with Crippen LogP contribution in [0.25, 0.3) is 0 Å². The average Bonchev–Trinajstić information content (AvgIpc) is 2.62. The van der Waals surface area contributed by atoms with E-state index in [2.05, 4.69) is 14.7 Å². The van der Waals surface area contributed by atoms with Gasteiger partial charge in [0.15, 0.2) is 5.82 Å². The predicted molar refractivity (Wildman–Crippen MR) is 102 cm³/mol. The van der Waals surface area contributed by atoms with Gasteiger partial charge in [0.05, 0.1) is 24.4 Å². The van der Waals surface area contributed by atoms with E-state index in [9.17, 15) is 8.42 Å². The molecule has 1 fully saturated rings. The number of halogens is 1. The topological polar surface area (TPSA) is 87.7 Å². The Kier molecular flexibility index (Phi) is 5.49. The quantitative estimate of drug-likeness (QED) is 0.823.